The Morgan fingerprint density at radius 3 is 2.72 bits per heavy atom. The largest absolute Gasteiger partial charge is 0.328 e. The molecular formula is C25H31FN4O2. The molecular weight excluding hydrogens is 407 g/mol. The van der Waals surface area contributed by atoms with Crippen molar-refractivity contribution < 1.29 is 9.18 Å². The Morgan fingerprint density at radius 1 is 1.09 bits per heavy atom. The number of aromatic nitrogens is 2. The summed E-state index contributed by atoms with van der Waals surface area (Å²) in [6.45, 7) is 3.17. The normalized spacial score (nSPS) is 22.2. The van der Waals surface area contributed by atoms with Crippen LogP contribution in [0.4, 0.5) is 4.39 Å². The fourth-order valence-corrected chi connectivity index (χ4v) is 5.63. The Kier molecular flexibility index (Phi) is 6.09. The van der Waals surface area contributed by atoms with Crippen molar-refractivity contribution in [1.29, 1.82) is 0 Å². The first-order valence-corrected chi connectivity index (χ1v) is 12.0. The molecule has 170 valence electrons. The molecule has 32 heavy (non-hydrogen) atoms. The molecule has 0 radical (unpaired) electrons. The maximum absolute atomic E-state index is 14.2. The highest BCUT2D eigenvalue weighted by atomic mass is 19.1. The Bertz CT molecular complexity index is 1050. The number of carbonyl (C=O) groups excluding carboxylic acids is 1. The van der Waals surface area contributed by atoms with Crippen LogP contribution in [-0.4, -0.2) is 45.3 Å². The molecule has 0 spiro atoms. The summed E-state index contributed by atoms with van der Waals surface area (Å²) in [5, 5.41) is 0. The van der Waals surface area contributed by atoms with E-state index in [-0.39, 0.29) is 23.1 Å². The van der Waals surface area contributed by atoms with E-state index >= 15 is 0 Å². The number of benzene rings is 1. The van der Waals surface area contributed by atoms with Crippen LogP contribution in [0.5, 0.6) is 0 Å². The third-order valence-electron chi connectivity index (χ3n) is 7.34. The number of amides is 1. The quantitative estimate of drug-likeness (QED) is 0.788. The molecule has 1 aromatic heterocycles. The summed E-state index contributed by atoms with van der Waals surface area (Å²) in [5.41, 5.74) is 1.59. The van der Waals surface area contributed by atoms with Crippen LogP contribution >= 0.6 is 0 Å². The maximum atomic E-state index is 14.2. The highest BCUT2D eigenvalue weighted by Crippen LogP contribution is 2.32. The zero-order valence-electron chi connectivity index (χ0n) is 18.5. The Balaban J connectivity index is 1.34. The van der Waals surface area contributed by atoms with Gasteiger partial charge in [0.05, 0.1) is 22.9 Å². The SMILES string of the molecule is O=C(c1ccccc1F)N1CCC[C@H]1c1nc2c(c(=O)[nH]1)CN(CC1CCCCC1)CC2. The number of halogens is 1. The first-order chi connectivity index (χ1) is 15.6. The van der Waals surface area contributed by atoms with E-state index in [4.69, 9.17) is 4.98 Å². The minimum atomic E-state index is -0.520. The van der Waals surface area contributed by atoms with E-state index in [2.05, 4.69) is 9.88 Å². The molecule has 0 unspecified atom stereocenters. The van der Waals surface area contributed by atoms with E-state index in [1.54, 1.807) is 17.0 Å². The summed E-state index contributed by atoms with van der Waals surface area (Å²) in [6.07, 6.45) is 8.87. The van der Waals surface area contributed by atoms with Crippen molar-refractivity contribution in [3.63, 3.8) is 0 Å². The molecule has 1 saturated heterocycles. The Hall–Kier alpha value is -2.54. The number of aromatic amines is 1. The number of rotatable bonds is 4. The number of hydrogen-bond donors (Lipinski definition) is 1. The molecule has 6 nitrogen and oxygen atoms in total. The Labute approximate surface area is 187 Å². The zero-order valence-corrected chi connectivity index (χ0v) is 18.5. The zero-order chi connectivity index (χ0) is 22.1. The minimum absolute atomic E-state index is 0.0676. The van der Waals surface area contributed by atoms with Gasteiger partial charge in [0.2, 0.25) is 0 Å². The summed E-state index contributed by atoms with van der Waals surface area (Å²) in [6, 6.07) is 5.74. The molecule has 1 aromatic carbocycles. The predicted octanol–water partition coefficient (Wildman–Crippen LogP) is 3.82. The van der Waals surface area contributed by atoms with Crippen LogP contribution in [-0.2, 0) is 13.0 Å². The van der Waals surface area contributed by atoms with Crippen molar-refractivity contribution in [2.75, 3.05) is 19.6 Å². The lowest BCUT2D eigenvalue weighted by atomic mass is 9.88. The lowest BCUT2D eigenvalue weighted by Gasteiger charge is -2.33. The highest BCUT2D eigenvalue weighted by molar-refractivity contribution is 5.94. The fraction of sp³-hybridized carbons (Fsp3) is 0.560. The molecule has 0 bridgehead atoms. The second-order valence-electron chi connectivity index (χ2n) is 9.50. The van der Waals surface area contributed by atoms with Gasteiger partial charge in [-0.2, -0.15) is 0 Å². The van der Waals surface area contributed by atoms with Gasteiger partial charge in [0.25, 0.3) is 11.5 Å². The van der Waals surface area contributed by atoms with Gasteiger partial charge in [0.15, 0.2) is 0 Å². The number of H-pyrrole nitrogens is 1. The standard InChI is InChI=1S/C25H31FN4O2/c26-20-10-5-4-9-18(20)25(32)30-13-6-11-22(30)23-27-21-12-14-29(16-19(21)24(31)28-23)15-17-7-2-1-3-8-17/h4-5,9-10,17,22H,1-3,6-8,11-16H2,(H,27,28,31)/t22-/m0/s1. The summed E-state index contributed by atoms with van der Waals surface area (Å²) < 4.78 is 14.2. The second-order valence-corrected chi connectivity index (χ2v) is 9.50. The maximum Gasteiger partial charge on any atom is 0.257 e. The van der Waals surface area contributed by atoms with Crippen LogP contribution in [0.1, 0.15) is 78.4 Å². The van der Waals surface area contributed by atoms with Gasteiger partial charge in [-0.1, -0.05) is 31.4 Å². The molecule has 2 fully saturated rings. The van der Waals surface area contributed by atoms with Crippen molar-refractivity contribution in [3.8, 4) is 0 Å². The van der Waals surface area contributed by atoms with Gasteiger partial charge >= 0.3 is 0 Å². The molecule has 5 rings (SSSR count). The van der Waals surface area contributed by atoms with E-state index in [1.165, 1.54) is 44.2 Å². The van der Waals surface area contributed by atoms with Crippen molar-refractivity contribution in [3.05, 3.63) is 63.1 Å². The molecule has 2 aliphatic heterocycles. The van der Waals surface area contributed by atoms with E-state index in [0.29, 0.717) is 18.9 Å². The topological polar surface area (TPSA) is 69.3 Å². The van der Waals surface area contributed by atoms with E-state index in [9.17, 15) is 14.0 Å². The van der Waals surface area contributed by atoms with E-state index in [1.807, 2.05) is 0 Å². The van der Waals surface area contributed by atoms with Gasteiger partial charge < -0.3 is 9.88 Å². The van der Waals surface area contributed by atoms with Crippen molar-refractivity contribution in [1.82, 2.24) is 19.8 Å². The smallest absolute Gasteiger partial charge is 0.257 e. The molecule has 1 saturated carbocycles. The molecule has 7 heteroatoms. The summed E-state index contributed by atoms with van der Waals surface area (Å²) >= 11 is 0. The van der Waals surface area contributed by atoms with Crippen LogP contribution in [0.25, 0.3) is 0 Å². The van der Waals surface area contributed by atoms with Gasteiger partial charge in [0.1, 0.15) is 11.6 Å². The van der Waals surface area contributed by atoms with Crippen LogP contribution in [0.3, 0.4) is 0 Å². The number of nitrogens with zero attached hydrogens (tertiary/aromatic N) is 3. The number of carbonyl (C=O) groups is 1. The monoisotopic (exact) mass is 438 g/mol. The molecule has 1 aliphatic carbocycles. The summed E-state index contributed by atoms with van der Waals surface area (Å²) in [7, 11) is 0. The van der Waals surface area contributed by atoms with E-state index in [0.717, 1.165) is 49.5 Å². The third kappa shape index (κ3) is 4.22. The first-order valence-electron chi connectivity index (χ1n) is 12.0. The van der Waals surface area contributed by atoms with Crippen molar-refractivity contribution >= 4 is 5.91 Å². The predicted molar refractivity (Wildman–Crippen MR) is 120 cm³/mol. The second kappa shape index (κ2) is 9.14. The molecule has 2 aromatic rings. The summed E-state index contributed by atoms with van der Waals surface area (Å²) in [4.78, 5) is 37.9. The third-order valence-corrected chi connectivity index (χ3v) is 7.34. The van der Waals surface area contributed by atoms with Crippen LogP contribution in [0.2, 0.25) is 0 Å². The van der Waals surface area contributed by atoms with Gasteiger partial charge in [-0.3, -0.25) is 14.5 Å². The molecule has 1 atom stereocenters. The van der Waals surface area contributed by atoms with Gasteiger partial charge in [-0.05, 0) is 43.7 Å². The fourth-order valence-electron chi connectivity index (χ4n) is 5.63. The molecule has 1 N–H and O–H groups in total. The first kappa shape index (κ1) is 21.3. The van der Waals surface area contributed by atoms with Gasteiger partial charge in [-0.15, -0.1) is 0 Å². The van der Waals surface area contributed by atoms with Gasteiger partial charge in [-0.25, -0.2) is 9.37 Å². The van der Waals surface area contributed by atoms with Crippen LogP contribution in [0.15, 0.2) is 29.1 Å². The molecule has 1 amide bonds. The average molecular weight is 439 g/mol. The van der Waals surface area contributed by atoms with Crippen molar-refractivity contribution in [2.45, 2.75) is 64.0 Å². The highest BCUT2D eigenvalue weighted by Gasteiger charge is 2.34. The van der Waals surface area contributed by atoms with Crippen LogP contribution in [0, 0.1) is 11.7 Å². The molecule has 3 aliphatic rings. The summed E-state index contributed by atoms with van der Waals surface area (Å²) in [5.74, 6) is 0.419. The minimum Gasteiger partial charge on any atom is -0.328 e. The number of fused-ring (bicyclic) bond motifs is 1. The number of hydrogen-bond acceptors (Lipinski definition) is 4. The van der Waals surface area contributed by atoms with E-state index < -0.39 is 5.82 Å². The van der Waals surface area contributed by atoms with Crippen LogP contribution < -0.4 is 5.56 Å². The molecule has 3 heterocycles. The average Bonchev–Trinajstić information content (AvgIpc) is 3.30. The Morgan fingerprint density at radius 2 is 1.91 bits per heavy atom. The van der Waals surface area contributed by atoms with Gasteiger partial charge in [0, 0.05) is 32.6 Å². The lowest BCUT2D eigenvalue weighted by molar-refractivity contribution is 0.0724. The number of likely N-dealkylation sites (tertiary alicyclic amines) is 1. The lowest BCUT2D eigenvalue weighted by Crippen LogP contribution is -2.40. The number of nitrogens with one attached hydrogen (secondary N) is 1. The van der Waals surface area contributed by atoms with Crippen molar-refractivity contribution in [2.24, 2.45) is 5.92 Å².